The van der Waals surface area contributed by atoms with Crippen LogP contribution in [0, 0.1) is 11.6 Å². The van der Waals surface area contributed by atoms with E-state index in [1.807, 2.05) is 0 Å². The Labute approximate surface area is 141 Å². The van der Waals surface area contributed by atoms with Gasteiger partial charge >= 0.3 is 0 Å². The van der Waals surface area contributed by atoms with Gasteiger partial charge in [0.05, 0.1) is 11.2 Å². The predicted octanol–water partition coefficient (Wildman–Crippen LogP) is 4.16. The third-order valence-corrected chi connectivity index (χ3v) is 3.40. The Morgan fingerprint density at radius 2 is 1.83 bits per heavy atom. The van der Waals surface area contributed by atoms with Gasteiger partial charge in [-0.05, 0) is 35.9 Å². The molecule has 0 saturated carbocycles. The number of aromatic nitrogens is 3. The number of hydrogen-bond acceptors (Lipinski definition) is 5. The Balaban J connectivity index is 1.67. The van der Waals surface area contributed by atoms with E-state index in [1.165, 1.54) is 36.5 Å². The van der Waals surface area contributed by atoms with Crippen LogP contribution < -0.4 is 10.6 Å². The molecule has 0 unspecified atom stereocenters. The smallest absolute Gasteiger partial charge is 0.244 e. The van der Waals surface area contributed by atoms with Gasteiger partial charge < -0.3 is 10.6 Å². The monoisotopic (exact) mass is 347 g/mol. The molecule has 0 fully saturated rings. The highest BCUT2D eigenvalue weighted by Crippen LogP contribution is 2.21. The molecule has 0 radical (unpaired) electrons. The summed E-state index contributed by atoms with van der Waals surface area (Å²) in [5.41, 5.74) is 1.45. The Bertz CT molecular complexity index is 842. The SMILES string of the molecule is Fc1ccc(CNc2nncc(Nc3ccc(F)c(Cl)c3)n2)cc1. The van der Waals surface area contributed by atoms with E-state index in [4.69, 9.17) is 11.6 Å². The molecular weight excluding hydrogens is 336 g/mol. The summed E-state index contributed by atoms with van der Waals surface area (Å²) < 4.78 is 26.0. The Morgan fingerprint density at radius 1 is 1.04 bits per heavy atom. The molecule has 0 saturated heterocycles. The molecule has 0 aliphatic heterocycles. The molecule has 0 aliphatic rings. The van der Waals surface area contributed by atoms with Crippen LogP contribution in [0.5, 0.6) is 0 Å². The fourth-order valence-corrected chi connectivity index (χ4v) is 2.12. The molecule has 0 bridgehead atoms. The van der Waals surface area contributed by atoms with E-state index in [0.29, 0.717) is 24.0 Å². The van der Waals surface area contributed by atoms with E-state index in [0.717, 1.165) is 5.56 Å². The number of benzene rings is 2. The first-order chi connectivity index (χ1) is 11.6. The molecule has 8 heteroatoms. The van der Waals surface area contributed by atoms with Crippen molar-refractivity contribution in [2.24, 2.45) is 0 Å². The van der Waals surface area contributed by atoms with Crippen LogP contribution >= 0.6 is 11.6 Å². The van der Waals surface area contributed by atoms with Crippen molar-refractivity contribution in [3.8, 4) is 0 Å². The Hall–Kier alpha value is -2.80. The molecule has 2 N–H and O–H groups in total. The number of anilines is 3. The van der Waals surface area contributed by atoms with Crippen molar-refractivity contribution in [3.05, 3.63) is 70.9 Å². The highest BCUT2D eigenvalue weighted by molar-refractivity contribution is 6.31. The second-order valence-corrected chi connectivity index (χ2v) is 5.31. The van der Waals surface area contributed by atoms with Crippen molar-refractivity contribution in [3.63, 3.8) is 0 Å². The van der Waals surface area contributed by atoms with Gasteiger partial charge in [-0.15, -0.1) is 5.10 Å². The van der Waals surface area contributed by atoms with Gasteiger partial charge in [0.1, 0.15) is 11.6 Å². The standard InChI is InChI=1S/C16H12ClF2N5/c17-13-7-12(5-6-14(13)19)22-15-9-21-24-16(23-15)20-8-10-1-3-11(18)4-2-10/h1-7,9H,8H2,(H2,20,22,23,24). The molecule has 0 amide bonds. The highest BCUT2D eigenvalue weighted by atomic mass is 35.5. The lowest BCUT2D eigenvalue weighted by atomic mass is 10.2. The van der Waals surface area contributed by atoms with E-state index in [2.05, 4.69) is 25.8 Å². The Morgan fingerprint density at radius 3 is 2.58 bits per heavy atom. The second-order valence-electron chi connectivity index (χ2n) is 4.90. The molecule has 3 rings (SSSR count). The minimum Gasteiger partial charge on any atom is -0.349 e. The topological polar surface area (TPSA) is 62.7 Å². The maximum atomic E-state index is 13.2. The number of hydrogen-bond donors (Lipinski definition) is 2. The maximum absolute atomic E-state index is 13.2. The summed E-state index contributed by atoms with van der Waals surface area (Å²) >= 11 is 5.74. The molecule has 122 valence electrons. The van der Waals surface area contributed by atoms with Crippen molar-refractivity contribution in [2.45, 2.75) is 6.54 Å². The van der Waals surface area contributed by atoms with E-state index in [-0.39, 0.29) is 10.8 Å². The lowest BCUT2D eigenvalue weighted by Crippen LogP contribution is -2.06. The largest absolute Gasteiger partial charge is 0.349 e. The summed E-state index contributed by atoms with van der Waals surface area (Å²) in [6.07, 6.45) is 1.43. The van der Waals surface area contributed by atoms with Crippen molar-refractivity contribution < 1.29 is 8.78 Å². The predicted molar refractivity (Wildman–Crippen MR) is 88.2 cm³/mol. The number of rotatable bonds is 5. The molecule has 1 heterocycles. The minimum absolute atomic E-state index is 0.0108. The van der Waals surface area contributed by atoms with Crippen LogP contribution in [-0.2, 0) is 6.54 Å². The third-order valence-electron chi connectivity index (χ3n) is 3.11. The van der Waals surface area contributed by atoms with Crippen LogP contribution in [0.4, 0.5) is 26.2 Å². The number of nitrogens with zero attached hydrogens (tertiary/aromatic N) is 3. The van der Waals surface area contributed by atoms with E-state index in [1.54, 1.807) is 12.1 Å². The first-order valence-corrected chi connectivity index (χ1v) is 7.38. The lowest BCUT2D eigenvalue weighted by Gasteiger charge is -2.08. The normalized spacial score (nSPS) is 10.5. The zero-order valence-corrected chi connectivity index (χ0v) is 13.1. The number of nitrogens with one attached hydrogen (secondary N) is 2. The Kier molecular flexibility index (Phi) is 4.81. The molecular formula is C16H12ClF2N5. The fourth-order valence-electron chi connectivity index (χ4n) is 1.94. The van der Waals surface area contributed by atoms with Gasteiger partial charge in [0, 0.05) is 12.2 Å². The maximum Gasteiger partial charge on any atom is 0.244 e. The fraction of sp³-hybridized carbons (Fsp3) is 0.0625. The highest BCUT2D eigenvalue weighted by Gasteiger charge is 2.04. The second kappa shape index (κ2) is 7.18. The summed E-state index contributed by atoms with van der Waals surface area (Å²) in [6.45, 7) is 0.424. The van der Waals surface area contributed by atoms with Crippen LogP contribution in [0.15, 0.2) is 48.7 Å². The average molecular weight is 348 g/mol. The number of halogens is 3. The van der Waals surface area contributed by atoms with Crippen molar-refractivity contribution in [1.29, 1.82) is 0 Å². The van der Waals surface area contributed by atoms with Gasteiger partial charge in [0.15, 0.2) is 5.82 Å². The molecule has 2 aromatic carbocycles. The molecule has 24 heavy (non-hydrogen) atoms. The minimum atomic E-state index is -0.496. The summed E-state index contributed by atoms with van der Waals surface area (Å²) in [5, 5.41) is 13.7. The van der Waals surface area contributed by atoms with Gasteiger partial charge in [0.2, 0.25) is 5.95 Å². The zero-order chi connectivity index (χ0) is 16.9. The van der Waals surface area contributed by atoms with Gasteiger partial charge in [-0.3, -0.25) is 0 Å². The van der Waals surface area contributed by atoms with Crippen LogP contribution in [0.1, 0.15) is 5.56 Å². The van der Waals surface area contributed by atoms with Gasteiger partial charge in [-0.2, -0.15) is 10.1 Å². The van der Waals surface area contributed by atoms with E-state index >= 15 is 0 Å². The van der Waals surface area contributed by atoms with Crippen LogP contribution in [0.3, 0.4) is 0 Å². The zero-order valence-electron chi connectivity index (χ0n) is 12.3. The molecule has 0 spiro atoms. The van der Waals surface area contributed by atoms with Crippen molar-refractivity contribution >= 4 is 29.1 Å². The van der Waals surface area contributed by atoms with Crippen LogP contribution in [-0.4, -0.2) is 15.2 Å². The van der Waals surface area contributed by atoms with Gasteiger partial charge in [-0.25, -0.2) is 8.78 Å². The van der Waals surface area contributed by atoms with Crippen LogP contribution in [0.2, 0.25) is 5.02 Å². The summed E-state index contributed by atoms with van der Waals surface area (Å²) in [7, 11) is 0. The summed E-state index contributed by atoms with van der Waals surface area (Å²) in [5.74, 6) is -0.0580. The molecule has 5 nitrogen and oxygen atoms in total. The van der Waals surface area contributed by atoms with Crippen molar-refractivity contribution in [2.75, 3.05) is 10.6 Å². The molecule has 1 aromatic heterocycles. The summed E-state index contributed by atoms with van der Waals surface area (Å²) in [4.78, 5) is 4.25. The third kappa shape index (κ3) is 4.14. The molecule has 0 aliphatic carbocycles. The van der Waals surface area contributed by atoms with Crippen LogP contribution in [0.25, 0.3) is 0 Å². The quantitative estimate of drug-likeness (QED) is 0.725. The van der Waals surface area contributed by atoms with Gasteiger partial charge in [0.25, 0.3) is 0 Å². The first kappa shape index (κ1) is 16.1. The molecule has 3 aromatic rings. The summed E-state index contributed by atoms with van der Waals surface area (Å²) in [6, 6.07) is 10.3. The molecule has 0 atom stereocenters. The average Bonchev–Trinajstić information content (AvgIpc) is 2.58. The van der Waals surface area contributed by atoms with E-state index < -0.39 is 5.82 Å². The van der Waals surface area contributed by atoms with E-state index in [9.17, 15) is 8.78 Å². The van der Waals surface area contributed by atoms with Gasteiger partial charge in [-0.1, -0.05) is 23.7 Å². The first-order valence-electron chi connectivity index (χ1n) is 7.00. The lowest BCUT2D eigenvalue weighted by molar-refractivity contribution is 0.627. The van der Waals surface area contributed by atoms with Crippen molar-refractivity contribution in [1.82, 2.24) is 15.2 Å².